The van der Waals surface area contributed by atoms with Crippen LogP contribution < -0.4 is 24.4 Å². The van der Waals surface area contributed by atoms with Crippen molar-refractivity contribution in [3.63, 3.8) is 0 Å². The molecule has 0 aliphatic carbocycles. The number of nitrogens with one attached hydrogen (secondary N) is 1. The molecule has 1 aromatic heterocycles. The molecule has 0 saturated carbocycles. The maximum atomic E-state index is 13.3. The summed E-state index contributed by atoms with van der Waals surface area (Å²) >= 11 is 0. The van der Waals surface area contributed by atoms with Gasteiger partial charge in [-0.1, -0.05) is 36.4 Å². The lowest BCUT2D eigenvalue weighted by Crippen LogP contribution is -2.13. The van der Waals surface area contributed by atoms with E-state index < -0.39 is 23.9 Å². The third kappa shape index (κ3) is 11.7. The van der Waals surface area contributed by atoms with Gasteiger partial charge in [0.25, 0.3) is 0 Å². The van der Waals surface area contributed by atoms with Crippen LogP contribution in [-0.2, 0) is 9.53 Å². The summed E-state index contributed by atoms with van der Waals surface area (Å²) in [4.78, 5) is 54.8. The minimum Gasteiger partial charge on any atom is -0.494 e. The number of anilines is 1. The highest BCUT2D eigenvalue weighted by Gasteiger charge is 2.17. The number of esters is 4. The molecule has 0 spiro atoms. The van der Waals surface area contributed by atoms with Crippen LogP contribution >= 0.6 is 0 Å². The molecular weight excluding hydrogens is 755 g/mol. The molecule has 0 amide bonds. The van der Waals surface area contributed by atoms with Crippen molar-refractivity contribution in [1.82, 2.24) is 4.98 Å². The van der Waals surface area contributed by atoms with Gasteiger partial charge in [-0.3, -0.25) is 0 Å². The summed E-state index contributed by atoms with van der Waals surface area (Å²) in [6, 6.07) is 29.8. The largest absolute Gasteiger partial charge is 0.494 e. The Balaban J connectivity index is 1.05. The number of aromatic nitrogens is 1. The molecule has 0 radical (unpaired) electrons. The van der Waals surface area contributed by atoms with E-state index in [1.54, 1.807) is 42.5 Å². The van der Waals surface area contributed by atoms with E-state index in [0.717, 1.165) is 42.9 Å². The SMILES string of the molecule is C=CC(=O)OCCCCCCOc1ccc(C(=O)Oc2ccc(C(=O)Oc3ccc(C(=O)Oc4ccc(C)cc4C)cc3/C=N/Nc3nc4ccccc4o3)cc2)cc1. The molecule has 0 unspecified atom stereocenters. The lowest BCUT2D eigenvalue weighted by Gasteiger charge is -2.11. The number of benzene rings is 5. The third-order valence-electron chi connectivity index (χ3n) is 8.75. The fraction of sp³-hybridized carbons (Fsp3) is 0.174. The van der Waals surface area contributed by atoms with Crippen LogP contribution in [0.2, 0.25) is 0 Å². The first-order valence-electron chi connectivity index (χ1n) is 18.8. The molecule has 0 aliphatic rings. The quantitative estimate of drug-likeness (QED) is 0.0219. The first kappa shape index (κ1) is 41.1. The topological polar surface area (TPSA) is 165 Å². The second-order valence-electron chi connectivity index (χ2n) is 13.2. The van der Waals surface area contributed by atoms with Crippen molar-refractivity contribution in [3.05, 3.63) is 155 Å². The van der Waals surface area contributed by atoms with E-state index in [9.17, 15) is 19.2 Å². The van der Waals surface area contributed by atoms with Crippen LogP contribution in [0.5, 0.6) is 23.0 Å². The average Bonchev–Trinajstić information content (AvgIpc) is 3.66. The van der Waals surface area contributed by atoms with E-state index in [1.165, 1.54) is 48.7 Å². The standard InChI is InChI=1S/C46H41N3O10/c1-4-42(50)55-26-10-6-5-9-25-54-36-19-14-32(15-20-36)43(51)56-37-21-16-33(17-22-37)44(52)58-40-24-18-34(45(53)57-39-23-13-30(2)27-31(39)3)28-35(40)29-47-49-46-48-38-11-7-8-12-41(38)59-46/h4,7-8,11-24,27-29H,1,5-6,9-10,25-26H2,2-3H3,(H,48,49)/b47-29+. The number of rotatable bonds is 18. The number of unbranched alkanes of at least 4 members (excludes halogenated alkanes) is 3. The van der Waals surface area contributed by atoms with Crippen molar-refractivity contribution in [1.29, 1.82) is 0 Å². The summed E-state index contributed by atoms with van der Waals surface area (Å²) in [5.74, 6) is -0.971. The van der Waals surface area contributed by atoms with Crippen molar-refractivity contribution in [3.8, 4) is 23.0 Å². The molecule has 0 saturated heterocycles. The maximum absolute atomic E-state index is 13.3. The zero-order valence-electron chi connectivity index (χ0n) is 32.5. The summed E-state index contributed by atoms with van der Waals surface area (Å²) in [5, 5.41) is 4.22. The first-order valence-corrected chi connectivity index (χ1v) is 18.8. The van der Waals surface area contributed by atoms with Crippen LogP contribution in [-0.4, -0.2) is 48.3 Å². The first-order chi connectivity index (χ1) is 28.6. The van der Waals surface area contributed by atoms with Gasteiger partial charge in [-0.25, -0.2) is 24.6 Å². The highest BCUT2D eigenvalue weighted by molar-refractivity contribution is 5.97. The van der Waals surface area contributed by atoms with Crippen molar-refractivity contribution in [2.45, 2.75) is 39.5 Å². The summed E-state index contributed by atoms with van der Waals surface area (Å²) < 4.78 is 33.3. The lowest BCUT2D eigenvalue weighted by atomic mass is 10.1. The molecule has 13 nitrogen and oxygen atoms in total. The molecule has 0 aliphatic heterocycles. The molecule has 0 fully saturated rings. The van der Waals surface area contributed by atoms with Crippen LogP contribution in [0.25, 0.3) is 11.1 Å². The molecule has 13 heteroatoms. The number of ether oxygens (including phenoxy) is 5. The lowest BCUT2D eigenvalue weighted by molar-refractivity contribution is -0.137. The number of fused-ring (bicyclic) bond motifs is 1. The van der Waals surface area contributed by atoms with Crippen LogP contribution in [0, 0.1) is 13.8 Å². The molecule has 6 aromatic rings. The van der Waals surface area contributed by atoms with Crippen LogP contribution in [0.15, 0.2) is 131 Å². The smallest absolute Gasteiger partial charge is 0.343 e. The minimum atomic E-state index is -0.709. The monoisotopic (exact) mass is 795 g/mol. The van der Waals surface area contributed by atoms with Crippen LogP contribution in [0.1, 0.15) is 73.4 Å². The van der Waals surface area contributed by atoms with E-state index in [4.69, 9.17) is 28.1 Å². The molecule has 5 aromatic carbocycles. The van der Waals surface area contributed by atoms with Crippen LogP contribution in [0.4, 0.5) is 6.01 Å². The van der Waals surface area contributed by atoms with Gasteiger partial charge in [0, 0.05) is 11.6 Å². The number of carbonyl (C=O) groups is 4. The summed E-state index contributed by atoms with van der Waals surface area (Å²) in [6.45, 7) is 8.04. The Labute approximate surface area is 340 Å². The number of hydrogen-bond acceptors (Lipinski definition) is 13. The number of nitrogens with zero attached hydrogens (tertiary/aromatic N) is 2. The summed E-state index contributed by atoms with van der Waals surface area (Å²) in [6.07, 6.45) is 5.94. The highest BCUT2D eigenvalue weighted by atomic mass is 16.5. The molecule has 1 heterocycles. The van der Waals surface area contributed by atoms with Gasteiger partial charge >= 0.3 is 29.9 Å². The maximum Gasteiger partial charge on any atom is 0.343 e. The van der Waals surface area contributed by atoms with E-state index in [2.05, 4.69) is 22.1 Å². The van der Waals surface area contributed by atoms with E-state index in [-0.39, 0.29) is 34.2 Å². The summed E-state index contributed by atoms with van der Waals surface area (Å²) in [7, 11) is 0. The number of aryl methyl sites for hydroxylation is 2. The van der Waals surface area contributed by atoms with Crippen molar-refractivity contribution < 1.29 is 47.3 Å². The van der Waals surface area contributed by atoms with Gasteiger partial charge in [0.05, 0.1) is 36.1 Å². The summed E-state index contributed by atoms with van der Waals surface area (Å²) in [5.41, 5.74) is 6.73. The Hall–Kier alpha value is -7.54. The number of hydrogen-bond donors (Lipinski definition) is 1. The molecular formula is C46H41N3O10. The molecule has 1 N–H and O–H groups in total. The highest BCUT2D eigenvalue weighted by Crippen LogP contribution is 2.25. The van der Waals surface area contributed by atoms with Gasteiger partial charge in [-0.05, 0) is 130 Å². The number of oxazole rings is 1. The average molecular weight is 796 g/mol. The Morgan fingerprint density at radius 1 is 0.695 bits per heavy atom. The van der Waals surface area contributed by atoms with Gasteiger partial charge in [-0.15, -0.1) is 0 Å². The predicted octanol–water partition coefficient (Wildman–Crippen LogP) is 9.22. The molecule has 6 rings (SSSR count). The molecule has 0 bridgehead atoms. The number of carbonyl (C=O) groups excluding carboxylic acids is 4. The third-order valence-corrected chi connectivity index (χ3v) is 8.75. The molecule has 0 atom stereocenters. The van der Waals surface area contributed by atoms with Crippen molar-refractivity contribution in [2.24, 2.45) is 5.10 Å². The van der Waals surface area contributed by atoms with Gasteiger partial charge < -0.3 is 28.1 Å². The second kappa shape index (κ2) is 20.1. The number of para-hydroxylation sites is 2. The van der Waals surface area contributed by atoms with Crippen LogP contribution in [0.3, 0.4) is 0 Å². The Morgan fingerprint density at radius 3 is 2.03 bits per heavy atom. The zero-order chi connectivity index (χ0) is 41.6. The fourth-order valence-corrected chi connectivity index (χ4v) is 5.67. The van der Waals surface area contributed by atoms with E-state index in [0.29, 0.717) is 41.4 Å². The van der Waals surface area contributed by atoms with Crippen molar-refractivity contribution in [2.75, 3.05) is 18.6 Å². The van der Waals surface area contributed by atoms with Gasteiger partial charge in [0.2, 0.25) is 0 Å². The minimum absolute atomic E-state index is 0.105. The Bertz CT molecular complexity index is 2440. The number of hydrazone groups is 1. The predicted molar refractivity (Wildman–Crippen MR) is 220 cm³/mol. The normalized spacial score (nSPS) is 10.9. The van der Waals surface area contributed by atoms with Gasteiger partial charge in [0.1, 0.15) is 28.5 Å². The van der Waals surface area contributed by atoms with E-state index >= 15 is 0 Å². The van der Waals surface area contributed by atoms with Gasteiger partial charge in [-0.2, -0.15) is 10.1 Å². The molecule has 59 heavy (non-hydrogen) atoms. The fourth-order valence-electron chi connectivity index (χ4n) is 5.67. The van der Waals surface area contributed by atoms with Crippen molar-refractivity contribution >= 4 is 47.2 Å². The second-order valence-corrected chi connectivity index (χ2v) is 13.2. The zero-order valence-corrected chi connectivity index (χ0v) is 32.5. The van der Waals surface area contributed by atoms with Gasteiger partial charge in [0.15, 0.2) is 5.58 Å². The molecule has 300 valence electrons. The Morgan fingerprint density at radius 2 is 1.32 bits per heavy atom. The Kier molecular flexibility index (Phi) is 14.0. The van der Waals surface area contributed by atoms with E-state index in [1.807, 2.05) is 38.1 Å².